The number of aromatic amines is 1. The molecule has 4 heterocycles. The van der Waals surface area contributed by atoms with Gasteiger partial charge in [-0.3, -0.25) is 24.6 Å². The van der Waals surface area contributed by atoms with Crippen molar-refractivity contribution in [3.05, 3.63) is 94.6 Å². The molecular weight excluding hydrogens is 516 g/mol. The first-order valence-electron chi connectivity index (χ1n) is 12.8. The third-order valence-electron chi connectivity index (χ3n) is 8.40. The number of nitrogens with one attached hydrogen (secondary N) is 3. The van der Waals surface area contributed by atoms with Crippen molar-refractivity contribution in [3.63, 3.8) is 0 Å². The fourth-order valence-electron chi connectivity index (χ4n) is 6.71. The highest BCUT2D eigenvalue weighted by Gasteiger charge is 2.70. The number of aromatic nitrogens is 1. The van der Waals surface area contributed by atoms with Gasteiger partial charge >= 0.3 is 0 Å². The van der Waals surface area contributed by atoms with Gasteiger partial charge in [0.2, 0.25) is 17.7 Å². The van der Waals surface area contributed by atoms with Crippen molar-refractivity contribution in [2.75, 3.05) is 12.4 Å². The number of anilines is 1. The van der Waals surface area contributed by atoms with Crippen LogP contribution in [0.2, 0.25) is 5.02 Å². The Bertz CT molecular complexity index is 1680. The Hall–Kier alpha value is -4.14. The monoisotopic (exact) mass is 540 g/mol. The number of hydrogen-bond acceptors (Lipinski definition) is 5. The van der Waals surface area contributed by atoms with Crippen LogP contribution < -0.4 is 15.4 Å². The number of carbonyl (C=O) groups excluding carboxylic acids is 3. The Balaban J connectivity index is 1.34. The summed E-state index contributed by atoms with van der Waals surface area (Å²) in [5.41, 5.74) is 2.48. The molecule has 9 heteroatoms. The highest BCUT2D eigenvalue weighted by atomic mass is 35.5. The molecule has 4 aromatic rings. The zero-order chi connectivity index (χ0) is 26.9. The van der Waals surface area contributed by atoms with Crippen LogP contribution in [0.3, 0.4) is 0 Å². The van der Waals surface area contributed by atoms with E-state index in [0.29, 0.717) is 28.4 Å². The lowest BCUT2D eigenvalue weighted by Gasteiger charge is -2.29. The molecule has 8 nitrogen and oxygen atoms in total. The quantitative estimate of drug-likeness (QED) is 0.332. The summed E-state index contributed by atoms with van der Waals surface area (Å²) < 4.78 is 5.48. The molecule has 196 valence electrons. The molecule has 3 aliphatic rings. The van der Waals surface area contributed by atoms with Gasteiger partial charge in [0.15, 0.2) is 0 Å². The molecule has 0 aliphatic carbocycles. The average molecular weight is 541 g/mol. The molecule has 0 unspecified atom stereocenters. The Morgan fingerprint density at radius 2 is 1.77 bits per heavy atom. The van der Waals surface area contributed by atoms with Crippen molar-refractivity contribution < 1.29 is 19.1 Å². The number of nitrogens with zero attached hydrogens (tertiary/aromatic N) is 1. The van der Waals surface area contributed by atoms with Gasteiger partial charge in [0.25, 0.3) is 0 Å². The number of rotatable bonds is 5. The second kappa shape index (κ2) is 8.69. The molecule has 7 rings (SSSR count). The Morgan fingerprint density at radius 1 is 0.974 bits per heavy atom. The molecule has 4 atom stereocenters. The average Bonchev–Trinajstić information content (AvgIpc) is 3.65. The number of imide groups is 1. The summed E-state index contributed by atoms with van der Waals surface area (Å²) in [6.45, 7) is 0.0641. The maximum absolute atomic E-state index is 14.2. The summed E-state index contributed by atoms with van der Waals surface area (Å²) in [6.07, 6.45) is 2.39. The number of methoxy groups -OCH3 is 1. The van der Waals surface area contributed by atoms with Crippen molar-refractivity contribution in [3.8, 4) is 5.75 Å². The molecule has 2 fully saturated rings. The summed E-state index contributed by atoms with van der Waals surface area (Å²) >= 11 is 6.38. The van der Waals surface area contributed by atoms with E-state index in [1.807, 2.05) is 48.7 Å². The second-order valence-corrected chi connectivity index (χ2v) is 10.8. The van der Waals surface area contributed by atoms with Crippen LogP contribution in [0.15, 0.2) is 72.9 Å². The highest BCUT2D eigenvalue weighted by molar-refractivity contribution is 6.31. The normalized spacial score (nSPS) is 25.4. The largest absolute Gasteiger partial charge is 0.496 e. The number of halogens is 1. The number of amides is 3. The van der Waals surface area contributed by atoms with Crippen LogP contribution in [0, 0.1) is 11.8 Å². The molecule has 39 heavy (non-hydrogen) atoms. The van der Waals surface area contributed by atoms with Crippen molar-refractivity contribution in [1.82, 2.24) is 15.2 Å². The van der Waals surface area contributed by atoms with Crippen LogP contribution in [-0.2, 0) is 32.9 Å². The lowest BCUT2D eigenvalue weighted by Crippen LogP contribution is -2.53. The first kappa shape index (κ1) is 23.9. The fraction of sp³-hybridized carbons (Fsp3) is 0.233. The lowest BCUT2D eigenvalue weighted by molar-refractivity contribution is -0.143. The van der Waals surface area contributed by atoms with Gasteiger partial charge in [-0.25, -0.2) is 0 Å². The maximum atomic E-state index is 14.2. The summed E-state index contributed by atoms with van der Waals surface area (Å²) in [5, 5.41) is 7.91. The van der Waals surface area contributed by atoms with Crippen molar-refractivity contribution in [2.45, 2.75) is 24.5 Å². The molecule has 3 aromatic carbocycles. The maximum Gasteiger partial charge on any atom is 0.250 e. The zero-order valence-electron chi connectivity index (χ0n) is 21.0. The van der Waals surface area contributed by atoms with Gasteiger partial charge in [0.1, 0.15) is 11.3 Å². The van der Waals surface area contributed by atoms with Crippen LogP contribution in [0.1, 0.15) is 16.7 Å². The first-order chi connectivity index (χ1) is 18.9. The molecule has 3 amide bonds. The van der Waals surface area contributed by atoms with Crippen molar-refractivity contribution >= 4 is 45.9 Å². The first-order valence-corrected chi connectivity index (χ1v) is 13.2. The minimum absolute atomic E-state index is 0.0641. The Labute approximate surface area is 229 Å². The van der Waals surface area contributed by atoms with Gasteiger partial charge in [0.05, 0.1) is 25.5 Å². The molecule has 1 aromatic heterocycles. The van der Waals surface area contributed by atoms with E-state index < -0.39 is 23.4 Å². The molecule has 1 spiro atoms. The van der Waals surface area contributed by atoms with Gasteiger partial charge in [-0.2, -0.15) is 0 Å². The van der Waals surface area contributed by atoms with Crippen molar-refractivity contribution in [2.24, 2.45) is 11.8 Å². The SMILES string of the molecule is COc1ccccc1CN1C(=O)[C@@H]2[C@H](Cc3c[nH]c4ccccc34)N[C@@]3(C(=O)Nc4ccc(Cl)cc43)[C@@H]2C1=O. The number of hydrogen-bond donors (Lipinski definition) is 3. The van der Waals surface area contributed by atoms with Gasteiger partial charge in [-0.15, -0.1) is 0 Å². The van der Waals surface area contributed by atoms with E-state index in [1.165, 1.54) is 4.90 Å². The standard InChI is InChI=1S/C30H25ClN4O4/c1-39-24-9-5-2-6-16(24)15-35-27(36)25-23(12-17-14-32-21-8-4-3-7-19(17)21)34-30(26(25)28(35)37)20-13-18(31)10-11-22(20)33-29(30)38/h2-11,13-14,23,25-26,32,34H,12,15H2,1H3,(H,33,38)/t23-,25+,26-,30+/m0/s1. The van der Waals surface area contributed by atoms with E-state index in [-0.39, 0.29) is 24.3 Å². The zero-order valence-corrected chi connectivity index (χ0v) is 21.8. The number of fused-ring (bicyclic) bond motifs is 5. The predicted molar refractivity (Wildman–Crippen MR) is 146 cm³/mol. The number of para-hydroxylation sites is 2. The third kappa shape index (κ3) is 3.38. The van der Waals surface area contributed by atoms with E-state index >= 15 is 0 Å². The molecule has 0 bridgehead atoms. The van der Waals surface area contributed by atoms with E-state index in [9.17, 15) is 14.4 Å². The van der Waals surface area contributed by atoms with Crippen LogP contribution in [0.5, 0.6) is 5.75 Å². The van der Waals surface area contributed by atoms with Crippen molar-refractivity contribution in [1.29, 1.82) is 0 Å². The predicted octanol–water partition coefficient (Wildman–Crippen LogP) is 3.99. The molecule has 0 radical (unpaired) electrons. The Kier molecular flexibility index (Phi) is 5.33. The Morgan fingerprint density at radius 3 is 2.62 bits per heavy atom. The van der Waals surface area contributed by atoms with Crippen LogP contribution >= 0.6 is 11.6 Å². The molecule has 2 saturated heterocycles. The molecule has 0 saturated carbocycles. The third-order valence-corrected chi connectivity index (χ3v) is 8.64. The summed E-state index contributed by atoms with van der Waals surface area (Å²) in [7, 11) is 1.56. The lowest BCUT2D eigenvalue weighted by atomic mass is 9.76. The highest BCUT2D eigenvalue weighted by Crippen LogP contribution is 2.54. The minimum atomic E-state index is -1.41. The fourth-order valence-corrected chi connectivity index (χ4v) is 6.88. The van der Waals surface area contributed by atoms with E-state index in [0.717, 1.165) is 22.0 Å². The van der Waals surface area contributed by atoms with E-state index in [1.54, 1.807) is 31.4 Å². The van der Waals surface area contributed by atoms with E-state index in [4.69, 9.17) is 16.3 Å². The molecule has 3 N–H and O–H groups in total. The van der Waals surface area contributed by atoms with Gasteiger partial charge in [0, 0.05) is 45.0 Å². The number of benzene rings is 3. The summed E-state index contributed by atoms with van der Waals surface area (Å²) in [6, 6.07) is 19.9. The number of ether oxygens (including phenoxy) is 1. The van der Waals surface area contributed by atoms with Crippen LogP contribution in [-0.4, -0.2) is 40.8 Å². The van der Waals surface area contributed by atoms with E-state index in [2.05, 4.69) is 15.6 Å². The van der Waals surface area contributed by atoms with Gasteiger partial charge < -0.3 is 15.0 Å². The van der Waals surface area contributed by atoms with Gasteiger partial charge in [-0.05, 0) is 42.3 Å². The smallest absolute Gasteiger partial charge is 0.250 e. The molecular formula is C30H25ClN4O4. The minimum Gasteiger partial charge on any atom is -0.496 e. The number of H-pyrrole nitrogens is 1. The topological polar surface area (TPSA) is 104 Å². The molecule has 3 aliphatic heterocycles. The van der Waals surface area contributed by atoms with Crippen LogP contribution in [0.4, 0.5) is 5.69 Å². The number of carbonyl (C=O) groups is 3. The van der Waals surface area contributed by atoms with Gasteiger partial charge in [-0.1, -0.05) is 48.0 Å². The van der Waals surface area contributed by atoms with Crippen LogP contribution in [0.25, 0.3) is 10.9 Å². The summed E-state index contributed by atoms with van der Waals surface area (Å²) in [5.74, 6) is -2.10. The second-order valence-electron chi connectivity index (χ2n) is 10.3. The number of likely N-dealkylation sites (tertiary alicyclic amines) is 1. The summed E-state index contributed by atoms with van der Waals surface area (Å²) in [4.78, 5) is 46.6.